The normalized spacial score (nSPS) is 27.4. The van der Waals surface area contributed by atoms with E-state index in [4.69, 9.17) is 0 Å². The first-order valence-electron chi connectivity index (χ1n) is 7.46. The molecular weight excluding hydrogens is 236 g/mol. The maximum absolute atomic E-state index is 10.5. The van der Waals surface area contributed by atoms with E-state index in [1.807, 2.05) is 19.2 Å². The van der Waals surface area contributed by atoms with E-state index < -0.39 is 5.60 Å². The number of rotatable bonds is 5. The van der Waals surface area contributed by atoms with Gasteiger partial charge in [-0.05, 0) is 50.2 Å². The number of pyridine rings is 1. The average Bonchev–Trinajstić information content (AvgIpc) is 2.42. The van der Waals surface area contributed by atoms with Gasteiger partial charge in [0, 0.05) is 25.0 Å². The Morgan fingerprint density at radius 2 is 2.11 bits per heavy atom. The number of nitrogens with zero attached hydrogens (tertiary/aromatic N) is 1. The third kappa shape index (κ3) is 4.29. The number of hydrogen-bond donors (Lipinski definition) is 2. The van der Waals surface area contributed by atoms with E-state index in [0.29, 0.717) is 6.54 Å². The highest BCUT2D eigenvalue weighted by Crippen LogP contribution is 2.33. The molecule has 0 aromatic carbocycles. The van der Waals surface area contributed by atoms with E-state index in [9.17, 15) is 5.11 Å². The van der Waals surface area contributed by atoms with Crippen LogP contribution in [0.1, 0.15) is 50.3 Å². The standard InChI is InChI=1S/C16H26N2O/c1-3-14-6-8-16(19,9-7-14)12-17-10-15-5-4-13(2)18-11-15/h4-5,11,14,17,19H,3,6-10,12H2,1-2H3. The predicted octanol–water partition coefficient (Wildman–Crippen LogP) is 2.81. The van der Waals surface area contributed by atoms with Gasteiger partial charge in [-0.2, -0.15) is 0 Å². The minimum Gasteiger partial charge on any atom is -0.389 e. The summed E-state index contributed by atoms with van der Waals surface area (Å²) in [7, 11) is 0. The van der Waals surface area contributed by atoms with Crippen molar-refractivity contribution < 1.29 is 5.11 Å². The molecule has 2 N–H and O–H groups in total. The van der Waals surface area contributed by atoms with E-state index in [1.165, 1.54) is 24.8 Å². The second-order valence-corrected chi connectivity index (χ2v) is 5.99. The van der Waals surface area contributed by atoms with Gasteiger partial charge in [0.15, 0.2) is 0 Å². The molecule has 1 aliphatic carbocycles. The van der Waals surface area contributed by atoms with E-state index in [2.05, 4.69) is 23.3 Å². The first kappa shape index (κ1) is 14.5. The zero-order chi connectivity index (χ0) is 13.7. The molecule has 1 heterocycles. The Kier molecular flexibility index (Phi) is 4.94. The molecule has 2 rings (SSSR count). The van der Waals surface area contributed by atoms with Crippen LogP contribution in [0.25, 0.3) is 0 Å². The molecule has 0 radical (unpaired) electrons. The van der Waals surface area contributed by atoms with Crippen LogP contribution in [0.4, 0.5) is 0 Å². The molecule has 0 spiro atoms. The molecule has 3 nitrogen and oxygen atoms in total. The monoisotopic (exact) mass is 262 g/mol. The smallest absolute Gasteiger partial charge is 0.0771 e. The van der Waals surface area contributed by atoms with Crippen LogP contribution in [-0.4, -0.2) is 22.2 Å². The van der Waals surface area contributed by atoms with E-state index in [-0.39, 0.29) is 0 Å². The maximum atomic E-state index is 10.5. The summed E-state index contributed by atoms with van der Waals surface area (Å²) in [5.41, 5.74) is 1.72. The van der Waals surface area contributed by atoms with Crippen molar-refractivity contribution in [1.82, 2.24) is 10.3 Å². The molecule has 1 saturated carbocycles. The third-order valence-electron chi connectivity index (χ3n) is 4.37. The summed E-state index contributed by atoms with van der Waals surface area (Å²) in [5, 5.41) is 13.9. The summed E-state index contributed by atoms with van der Waals surface area (Å²) >= 11 is 0. The van der Waals surface area contributed by atoms with Gasteiger partial charge < -0.3 is 10.4 Å². The topological polar surface area (TPSA) is 45.1 Å². The van der Waals surface area contributed by atoms with Gasteiger partial charge in [-0.15, -0.1) is 0 Å². The Morgan fingerprint density at radius 1 is 1.37 bits per heavy atom. The molecular formula is C16H26N2O. The first-order chi connectivity index (χ1) is 9.11. The average molecular weight is 262 g/mol. The highest BCUT2D eigenvalue weighted by molar-refractivity contribution is 5.12. The minimum absolute atomic E-state index is 0.496. The van der Waals surface area contributed by atoms with Gasteiger partial charge in [-0.1, -0.05) is 19.4 Å². The molecule has 3 heteroatoms. The third-order valence-corrected chi connectivity index (χ3v) is 4.37. The summed E-state index contributed by atoms with van der Waals surface area (Å²) in [4.78, 5) is 4.28. The molecule has 1 aromatic heterocycles. The largest absolute Gasteiger partial charge is 0.389 e. The number of hydrogen-bond acceptors (Lipinski definition) is 3. The SMILES string of the molecule is CCC1CCC(O)(CNCc2ccc(C)nc2)CC1. The summed E-state index contributed by atoms with van der Waals surface area (Å²) in [6, 6.07) is 4.12. The Labute approximate surface area is 116 Å². The molecule has 0 unspecified atom stereocenters. The molecule has 1 aromatic rings. The number of aliphatic hydroxyl groups is 1. The number of aryl methyl sites for hydroxylation is 1. The second kappa shape index (κ2) is 6.49. The van der Waals surface area contributed by atoms with Gasteiger partial charge in [0.1, 0.15) is 0 Å². The van der Waals surface area contributed by atoms with Crippen LogP contribution in [0.15, 0.2) is 18.3 Å². The van der Waals surface area contributed by atoms with Crippen molar-refractivity contribution in [3.8, 4) is 0 Å². The van der Waals surface area contributed by atoms with Crippen LogP contribution in [0.3, 0.4) is 0 Å². The number of aromatic nitrogens is 1. The molecule has 0 atom stereocenters. The summed E-state index contributed by atoms with van der Waals surface area (Å²) < 4.78 is 0. The Morgan fingerprint density at radius 3 is 2.68 bits per heavy atom. The van der Waals surface area contributed by atoms with Crippen LogP contribution in [-0.2, 0) is 6.54 Å². The lowest BCUT2D eigenvalue weighted by molar-refractivity contribution is -0.00881. The van der Waals surface area contributed by atoms with Gasteiger partial charge in [0.25, 0.3) is 0 Å². The summed E-state index contributed by atoms with van der Waals surface area (Å²) in [6.45, 7) is 5.72. The summed E-state index contributed by atoms with van der Waals surface area (Å²) in [6.07, 6.45) is 7.36. The molecule has 0 aliphatic heterocycles. The highest BCUT2D eigenvalue weighted by Gasteiger charge is 2.31. The first-order valence-corrected chi connectivity index (χ1v) is 7.46. The lowest BCUT2D eigenvalue weighted by Gasteiger charge is -2.36. The Bertz CT molecular complexity index is 380. The Hall–Kier alpha value is -0.930. The molecule has 0 amide bonds. The zero-order valence-electron chi connectivity index (χ0n) is 12.2. The van der Waals surface area contributed by atoms with E-state index >= 15 is 0 Å². The molecule has 19 heavy (non-hydrogen) atoms. The molecule has 0 saturated heterocycles. The van der Waals surface area contributed by atoms with Crippen LogP contribution in [0.5, 0.6) is 0 Å². The molecule has 1 fully saturated rings. The number of nitrogens with one attached hydrogen (secondary N) is 1. The van der Waals surface area contributed by atoms with Crippen LogP contribution in [0, 0.1) is 12.8 Å². The quantitative estimate of drug-likeness (QED) is 0.857. The van der Waals surface area contributed by atoms with Crippen LogP contribution >= 0.6 is 0 Å². The van der Waals surface area contributed by atoms with Crippen LogP contribution < -0.4 is 5.32 Å². The van der Waals surface area contributed by atoms with Gasteiger partial charge >= 0.3 is 0 Å². The lowest BCUT2D eigenvalue weighted by Crippen LogP contribution is -2.43. The molecule has 1 aliphatic rings. The van der Waals surface area contributed by atoms with Crippen molar-refractivity contribution in [3.05, 3.63) is 29.6 Å². The van der Waals surface area contributed by atoms with Crippen molar-refractivity contribution in [1.29, 1.82) is 0 Å². The van der Waals surface area contributed by atoms with Crippen molar-refractivity contribution >= 4 is 0 Å². The van der Waals surface area contributed by atoms with Crippen LogP contribution in [0.2, 0.25) is 0 Å². The Balaban J connectivity index is 1.74. The van der Waals surface area contributed by atoms with Crippen molar-refractivity contribution in [3.63, 3.8) is 0 Å². The van der Waals surface area contributed by atoms with Crippen molar-refractivity contribution in [2.45, 2.75) is 58.1 Å². The lowest BCUT2D eigenvalue weighted by atomic mass is 9.78. The minimum atomic E-state index is -0.496. The fourth-order valence-corrected chi connectivity index (χ4v) is 2.84. The van der Waals surface area contributed by atoms with Gasteiger partial charge in [0.2, 0.25) is 0 Å². The fraction of sp³-hybridized carbons (Fsp3) is 0.688. The summed E-state index contributed by atoms with van der Waals surface area (Å²) in [5.74, 6) is 0.821. The second-order valence-electron chi connectivity index (χ2n) is 5.99. The van der Waals surface area contributed by atoms with E-state index in [1.54, 1.807) is 0 Å². The van der Waals surface area contributed by atoms with Crippen molar-refractivity contribution in [2.24, 2.45) is 5.92 Å². The van der Waals surface area contributed by atoms with E-state index in [0.717, 1.165) is 31.0 Å². The molecule has 106 valence electrons. The van der Waals surface area contributed by atoms with Crippen molar-refractivity contribution in [2.75, 3.05) is 6.54 Å². The highest BCUT2D eigenvalue weighted by atomic mass is 16.3. The van der Waals surface area contributed by atoms with Gasteiger partial charge in [-0.25, -0.2) is 0 Å². The predicted molar refractivity (Wildman–Crippen MR) is 77.9 cm³/mol. The maximum Gasteiger partial charge on any atom is 0.0771 e. The van der Waals surface area contributed by atoms with Gasteiger partial charge in [0.05, 0.1) is 5.60 Å². The zero-order valence-corrected chi connectivity index (χ0v) is 12.2. The fourth-order valence-electron chi connectivity index (χ4n) is 2.84. The van der Waals surface area contributed by atoms with Gasteiger partial charge in [-0.3, -0.25) is 4.98 Å². The molecule has 0 bridgehead atoms.